The second-order valence-electron chi connectivity index (χ2n) is 10.9. The van der Waals surface area contributed by atoms with E-state index in [1.165, 1.54) is 30.4 Å². The lowest BCUT2D eigenvalue weighted by Crippen LogP contribution is -2.36. The molecule has 0 aliphatic heterocycles. The Morgan fingerprint density at radius 2 is 1.78 bits per heavy atom. The molecule has 4 aromatic rings. The molecule has 5 rings (SSSR count). The topological polar surface area (TPSA) is 79.7 Å². The third-order valence-corrected chi connectivity index (χ3v) is 7.96. The van der Waals surface area contributed by atoms with Crippen LogP contribution in [0.3, 0.4) is 0 Å². The van der Waals surface area contributed by atoms with E-state index in [0.29, 0.717) is 19.1 Å². The summed E-state index contributed by atoms with van der Waals surface area (Å²) in [6.45, 7) is 9.79. The number of tetrazole rings is 1. The maximum atomic E-state index is 13.4. The fraction of sp³-hybridized carbons (Fsp3) is 0.467. The Morgan fingerprint density at radius 1 is 1.03 bits per heavy atom. The molecular weight excluding hydrogens is 460 g/mol. The lowest BCUT2D eigenvalue weighted by atomic mass is 9.94. The molecule has 2 heterocycles. The molecule has 0 unspecified atom stereocenters. The van der Waals surface area contributed by atoms with Gasteiger partial charge in [0.1, 0.15) is 0 Å². The van der Waals surface area contributed by atoms with Gasteiger partial charge < -0.3 is 4.98 Å². The number of fused-ring (bicyclic) bond motifs is 1. The van der Waals surface area contributed by atoms with Crippen LogP contribution in [0.5, 0.6) is 0 Å². The number of nitrogens with zero attached hydrogens (tertiary/aromatic N) is 5. The first-order valence-corrected chi connectivity index (χ1v) is 13.6. The van der Waals surface area contributed by atoms with Crippen molar-refractivity contribution < 1.29 is 0 Å². The first-order valence-electron chi connectivity index (χ1n) is 13.6. The van der Waals surface area contributed by atoms with Crippen molar-refractivity contribution in [3.05, 3.63) is 87.0 Å². The van der Waals surface area contributed by atoms with E-state index in [4.69, 9.17) is 0 Å². The van der Waals surface area contributed by atoms with Crippen molar-refractivity contribution in [1.29, 1.82) is 0 Å². The molecule has 0 amide bonds. The molecule has 1 aliphatic carbocycles. The fourth-order valence-electron chi connectivity index (χ4n) is 5.84. The Bertz CT molecular complexity index is 1400. The zero-order valence-electron chi connectivity index (χ0n) is 22.4. The number of pyridine rings is 1. The maximum absolute atomic E-state index is 13.4. The van der Waals surface area contributed by atoms with Crippen LogP contribution >= 0.6 is 0 Å². The van der Waals surface area contributed by atoms with Crippen molar-refractivity contribution in [2.75, 3.05) is 0 Å². The second-order valence-corrected chi connectivity index (χ2v) is 10.9. The highest BCUT2D eigenvalue weighted by molar-refractivity contribution is 5.83. The second kappa shape index (κ2) is 11.0. The average molecular weight is 499 g/mol. The molecule has 1 fully saturated rings. The lowest BCUT2D eigenvalue weighted by molar-refractivity contribution is 0.121. The van der Waals surface area contributed by atoms with Gasteiger partial charge in [-0.2, -0.15) is 0 Å². The SMILES string of the molecule is Cc1ccc2cc(CN(Cc3ccccc3)[C@H](c3nnnn3C3CCCCC3)C(C)C)c(=O)[nH]c2c1C. The van der Waals surface area contributed by atoms with Crippen LogP contribution in [0.1, 0.15) is 86.1 Å². The number of rotatable bonds is 8. The Hall–Kier alpha value is -3.32. The maximum Gasteiger partial charge on any atom is 0.252 e. The fourth-order valence-corrected chi connectivity index (χ4v) is 5.84. The summed E-state index contributed by atoms with van der Waals surface area (Å²) in [4.78, 5) is 18.9. The molecule has 0 bridgehead atoms. The monoisotopic (exact) mass is 498 g/mol. The predicted molar refractivity (Wildman–Crippen MR) is 147 cm³/mol. The molecule has 7 heteroatoms. The predicted octanol–water partition coefficient (Wildman–Crippen LogP) is 6.04. The number of aromatic nitrogens is 5. The number of benzene rings is 2. The van der Waals surface area contributed by atoms with E-state index >= 15 is 0 Å². The third kappa shape index (κ3) is 5.37. The van der Waals surface area contributed by atoms with Gasteiger partial charge in [0.05, 0.1) is 17.6 Å². The van der Waals surface area contributed by atoms with Crippen molar-refractivity contribution in [1.82, 2.24) is 30.1 Å². The van der Waals surface area contributed by atoms with E-state index < -0.39 is 0 Å². The molecule has 1 saturated carbocycles. The molecule has 0 saturated heterocycles. The Balaban J connectivity index is 1.56. The van der Waals surface area contributed by atoms with Crippen molar-refractivity contribution in [3.8, 4) is 0 Å². The van der Waals surface area contributed by atoms with Gasteiger partial charge in [-0.15, -0.1) is 5.10 Å². The molecule has 2 aromatic heterocycles. The summed E-state index contributed by atoms with van der Waals surface area (Å²) in [5.41, 5.74) is 5.14. The Labute approximate surface area is 218 Å². The molecule has 1 aliphatic rings. The van der Waals surface area contributed by atoms with E-state index in [2.05, 4.69) is 100 Å². The van der Waals surface area contributed by atoms with Gasteiger partial charge in [0, 0.05) is 18.7 Å². The number of aryl methyl sites for hydroxylation is 2. The van der Waals surface area contributed by atoms with E-state index in [9.17, 15) is 4.79 Å². The van der Waals surface area contributed by atoms with E-state index in [1.807, 2.05) is 6.07 Å². The zero-order chi connectivity index (χ0) is 25.9. The highest BCUT2D eigenvalue weighted by Gasteiger charge is 2.32. The van der Waals surface area contributed by atoms with Gasteiger partial charge in [-0.3, -0.25) is 9.69 Å². The minimum atomic E-state index is -0.0352. The van der Waals surface area contributed by atoms with E-state index in [1.54, 1.807) is 0 Å². The molecule has 2 aromatic carbocycles. The van der Waals surface area contributed by atoms with Crippen molar-refractivity contribution in [3.63, 3.8) is 0 Å². The van der Waals surface area contributed by atoms with E-state index in [0.717, 1.165) is 40.7 Å². The average Bonchev–Trinajstić information content (AvgIpc) is 3.37. The number of H-pyrrole nitrogens is 1. The minimum Gasteiger partial charge on any atom is -0.321 e. The van der Waals surface area contributed by atoms with Crippen LogP contribution in [0.15, 0.2) is 53.3 Å². The zero-order valence-corrected chi connectivity index (χ0v) is 22.4. The summed E-state index contributed by atoms with van der Waals surface area (Å²) < 4.78 is 2.08. The lowest BCUT2D eigenvalue weighted by Gasteiger charge is -2.35. The van der Waals surface area contributed by atoms with Crippen LogP contribution in [0.4, 0.5) is 0 Å². The number of nitrogens with one attached hydrogen (secondary N) is 1. The molecular formula is C30H38N6O. The molecule has 1 N–H and O–H groups in total. The molecule has 37 heavy (non-hydrogen) atoms. The van der Waals surface area contributed by atoms with Gasteiger partial charge in [-0.1, -0.05) is 75.6 Å². The highest BCUT2D eigenvalue weighted by Crippen LogP contribution is 2.34. The number of hydrogen-bond donors (Lipinski definition) is 1. The Kier molecular flexibility index (Phi) is 7.51. The minimum absolute atomic E-state index is 0.0337. The van der Waals surface area contributed by atoms with Crippen LogP contribution in [0.25, 0.3) is 10.9 Å². The Morgan fingerprint density at radius 3 is 2.51 bits per heavy atom. The van der Waals surface area contributed by atoms with Crippen LogP contribution in [0, 0.1) is 19.8 Å². The first kappa shape index (κ1) is 25.3. The number of aromatic amines is 1. The van der Waals surface area contributed by atoms with Gasteiger partial charge in [0.25, 0.3) is 5.56 Å². The van der Waals surface area contributed by atoms with Crippen molar-refractivity contribution in [2.45, 2.75) is 85.0 Å². The third-order valence-electron chi connectivity index (χ3n) is 7.96. The first-order chi connectivity index (χ1) is 17.9. The largest absolute Gasteiger partial charge is 0.321 e. The summed E-state index contributed by atoms with van der Waals surface area (Å²) in [7, 11) is 0. The van der Waals surface area contributed by atoms with Gasteiger partial charge in [-0.25, -0.2) is 4.68 Å². The summed E-state index contributed by atoms with van der Waals surface area (Å²) in [5, 5.41) is 14.3. The van der Waals surface area contributed by atoms with Crippen LogP contribution in [-0.2, 0) is 13.1 Å². The summed E-state index contributed by atoms with van der Waals surface area (Å²) in [5.74, 6) is 1.16. The molecule has 0 spiro atoms. The van der Waals surface area contributed by atoms with Gasteiger partial charge in [0.15, 0.2) is 5.82 Å². The van der Waals surface area contributed by atoms with Crippen LogP contribution < -0.4 is 5.56 Å². The molecule has 0 radical (unpaired) electrons. The standard InChI is InChI=1S/C30H38N6O/c1-20(2)28(29-32-33-34-36(29)26-13-9-6-10-14-26)35(18-23-11-7-5-8-12-23)19-25-17-24-16-15-21(3)22(4)27(24)31-30(25)37/h5,7-8,11-12,15-17,20,26,28H,6,9-10,13-14,18-19H2,1-4H3,(H,31,37)/t28-/m0/s1. The highest BCUT2D eigenvalue weighted by atomic mass is 16.1. The van der Waals surface area contributed by atoms with Gasteiger partial charge in [-0.05, 0) is 71.2 Å². The van der Waals surface area contributed by atoms with Crippen molar-refractivity contribution in [2.24, 2.45) is 5.92 Å². The molecule has 194 valence electrons. The molecule has 1 atom stereocenters. The summed E-state index contributed by atoms with van der Waals surface area (Å²) in [6, 6.07) is 17.0. The smallest absolute Gasteiger partial charge is 0.252 e. The van der Waals surface area contributed by atoms with E-state index in [-0.39, 0.29) is 17.5 Å². The summed E-state index contributed by atoms with van der Waals surface area (Å²) >= 11 is 0. The number of hydrogen-bond acceptors (Lipinski definition) is 5. The summed E-state index contributed by atoms with van der Waals surface area (Å²) in [6.07, 6.45) is 5.95. The normalized spacial score (nSPS) is 15.6. The van der Waals surface area contributed by atoms with Crippen molar-refractivity contribution >= 4 is 10.9 Å². The van der Waals surface area contributed by atoms with Gasteiger partial charge >= 0.3 is 0 Å². The van der Waals surface area contributed by atoms with Crippen LogP contribution in [-0.4, -0.2) is 30.1 Å². The van der Waals surface area contributed by atoms with Crippen LogP contribution in [0.2, 0.25) is 0 Å². The molecule has 7 nitrogen and oxygen atoms in total. The van der Waals surface area contributed by atoms with Gasteiger partial charge in [0.2, 0.25) is 0 Å². The quantitative estimate of drug-likeness (QED) is 0.321.